The van der Waals surface area contributed by atoms with E-state index in [0.29, 0.717) is 0 Å². The minimum atomic E-state index is -7.53. The van der Waals surface area contributed by atoms with Crippen molar-refractivity contribution in [3.8, 4) is 0 Å². The summed E-state index contributed by atoms with van der Waals surface area (Å²) in [6.45, 7) is 0. The van der Waals surface area contributed by atoms with Gasteiger partial charge in [0.15, 0.2) is 23.2 Å². The van der Waals surface area contributed by atoms with Crippen LogP contribution in [-0.4, -0.2) is 35.6 Å². The fourth-order valence-corrected chi connectivity index (χ4v) is 3.67. The fourth-order valence-electron chi connectivity index (χ4n) is 3.67. The van der Waals surface area contributed by atoms with Gasteiger partial charge in [0, 0.05) is 12.0 Å². The van der Waals surface area contributed by atoms with Gasteiger partial charge in [-0.15, -0.1) is 0 Å². The highest BCUT2D eigenvalue weighted by Gasteiger charge is 3.06. The van der Waals surface area contributed by atoms with Crippen LogP contribution in [0.2, 0.25) is 0 Å². The Kier molecular flexibility index (Phi) is 4.57. The van der Waals surface area contributed by atoms with Crippen molar-refractivity contribution in [3.63, 3.8) is 0 Å². The average molecular weight is 493 g/mol. The molecule has 0 atom stereocenters. The summed E-state index contributed by atoms with van der Waals surface area (Å²) in [7, 11) is 0. The molecular weight excluding hydrogens is 490 g/mol. The van der Waals surface area contributed by atoms with Crippen LogP contribution in [0, 0.1) is 22.9 Å². The van der Waals surface area contributed by atoms with Crippen LogP contribution in [0.25, 0.3) is 5.76 Å². The maximum atomic E-state index is 14.1. The van der Waals surface area contributed by atoms with E-state index in [4.69, 9.17) is 0 Å². The molecule has 0 saturated heterocycles. The van der Waals surface area contributed by atoms with Crippen molar-refractivity contribution in [2.45, 2.75) is 36.3 Å². The number of Topliss-reactive ketones (excluding diaryl/α,β-unsaturated/α-hetero) is 1. The number of carbonyl (C=O) groups excluding carboxylic acids is 1. The van der Waals surface area contributed by atoms with Gasteiger partial charge in [-0.3, -0.25) is 4.79 Å². The molecule has 1 aromatic carbocycles. The molecule has 0 aliphatic heterocycles. The molecule has 0 radical (unpaired) electrons. The first-order valence-electron chi connectivity index (χ1n) is 7.84. The summed E-state index contributed by atoms with van der Waals surface area (Å²) in [5, 5.41) is 12.1. The quantitative estimate of drug-likeness (QED) is 0.453. The second-order valence-corrected chi connectivity index (χ2v) is 6.87. The maximum absolute atomic E-state index is 14.1. The molecule has 0 amide bonds. The highest BCUT2D eigenvalue weighted by molar-refractivity contribution is 6.09. The molecule has 1 fully saturated rings. The zero-order valence-corrected chi connectivity index (χ0v) is 14.4. The molecule has 0 aromatic heterocycles. The molecule has 0 N–H and O–H groups in total. The van der Waals surface area contributed by atoms with E-state index >= 15 is 0 Å². The molecule has 1 saturated carbocycles. The summed E-state index contributed by atoms with van der Waals surface area (Å²) in [6, 6.07) is -0.231. The number of hydrogen-bond acceptors (Lipinski definition) is 2. The van der Waals surface area contributed by atoms with Crippen molar-refractivity contribution in [2.24, 2.45) is 5.41 Å². The average Bonchev–Trinajstić information content (AvgIpc) is 2.97. The predicted molar refractivity (Wildman–Crippen MR) is 70.2 cm³/mol. The molecule has 16 heteroatoms. The van der Waals surface area contributed by atoms with Crippen molar-refractivity contribution in [3.05, 3.63) is 40.2 Å². The molecule has 2 aliphatic carbocycles. The third-order valence-corrected chi connectivity index (χ3v) is 5.30. The summed E-state index contributed by atoms with van der Waals surface area (Å²) in [5.41, 5.74) is -12.5. The van der Waals surface area contributed by atoms with Gasteiger partial charge >= 0.3 is 29.9 Å². The van der Waals surface area contributed by atoms with Crippen molar-refractivity contribution in [1.29, 1.82) is 0 Å². The lowest BCUT2D eigenvalue weighted by Crippen LogP contribution is -2.65. The molecule has 178 valence electrons. The lowest BCUT2D eigenvalue weighted by atomic mass is 9.72. The van der Waals surface area contributed by atoms with Crippen LogP contribution in [0.4, 0.5) is 61.5 Å². The molecular formula is C16H3F14O2-. The molecule has 0 spiro atoms. The Morgan fingerprint density at radius 2 is 1.25 bits per heavy atom. The van der Waals surface area contributed by atoms with Gasteiger partial charge in [0.05, 0.1) is 0 Å². The fraction of sp³-hybridized carbons (Fsp3) is 0.438. The number of benzene rings is 1. The number of fused-ring (bicyclic) bond motifs is 1. The molecule has 32 heavy (non-hydrogen) atoms. The van der Waals surface area contributed by atoms with E-state index in [9.17, 15) is 71.4 Å². The van der Waals surface area contributed by atoms with Gasteiger partial charge in [0.2, 0.25) is 0 Å². The summed E-state index contributed by atoms with van der Waals surface area (Å²) in [5.74, 6) is -43.1. The van der Waals surface area contributed by atoms with Crippen molar-refractivity contribution < 1.29 is 71.4 Å². The van der Waals surface area contributed by atoms with Gasteiger partial charge in [-0.25, -0.2) is 13.2 Å². The van der Waals surface area contributed by atoms with Gasteiger partial charge in [-0.1, -0.05) is 5.76 Å². The minimum Gasteiger partial charge on any atom is -0.872 e. The van der Waals surface area contributed by atoms with Crippen LogP contribution in [0.3, 0.4) is 0 Å². The third kappa shape index (κ3) is 2.20. The standard InChI is InChI=1S/C16H4F14O2/c17-6-2-4-3(7(18)8(6)19)1-5(9(4)31)10(32)11(16(28,29)30)12(20,21)14(24,25)15(26,27)13(11,22)23/h2,31H,1H2/p-1. The number of ketones is 1. The zero-order valence-electron chi connectivity index (χ0n) is 14.4. The van der Waals surface area contributed by atoms with Gasteiger partial charge in [-0.2, -0.15) is 48.3 Å². The van der Waals surface area contributed by atoms with Crippen LogP contribution < -0.4 is 5.11 Å². The Hall–Kier alpha value is -2.55. The first kappa shape index (κ1) is 24.1. The van der Waals surface area contributed by atoms with Crippen LogP contribution in [0.1, 0.15) is 11.1 Å². The van der Waals surface area contributed by atoms with E-state index in [1.165, 1.54) is 0 Å². The molecule has 1 aromatic rings. The highest BCUT2D eigenvalue weighted by Crippen LogP contribution is 2.76. The zero-order chi connectivity index (χ0) is 25.0. The Balaban J connectivity index is 2.37. The molecule has 0 bridgehead atoms. The predicted octanol–water partition coefficient (Wildman–Crippen LogP) is 4.40. The first-order chi connectivity index (χ1) is 14.1. The molecule has 2 nitrogen and oxygen atoms in total. The molecule has 0 unspecified atom stereocenters. The van der Waals surface area contributed by atoms with E-state index in [-0.39, 0.29) is 6.07 Å². The minimum absolute atomic E-state index is 0.231. The number of rotatable bonds is 2. The van der Waals surface area contributed by atoms with E-state index in [0.717, 1.165) is 0 Å². The smallest absolute Gasteiger partial charge is 0.414 e. The topological polar surface area (TPSA) is 40.1 Å². The molecule has 3 rings (SSSR count). The largest absolute Gasteiger partial charge is 0.872 e. The summed E-state index contributed by atoms with van der Waals surface area (Å²) in [4.78, 5) is 12.3. The lowest BCUT2D eigenvalue weighted by molar-refractivity contribution is -0.342. The summed E-state index contributed by atoms with van der Waals surface area (Å²) >= 11 is 0. The third-order valence-electron chi connectivity index (χ3n) is 5.30. The monoisotopic (exact) mass is 493 g/mol. The van der Waals surface area contributed by atoms with Gasteiger partial charge in [0.25, 0.3) is 5.41 Å². The second-order valence-electron chi connectivity index (χ2n) is 6.87. The Morgan fingerprint density at radius 3 is 1.66 bits per heavy atom. The number of alkyl halides is 11. The first-order valence-corrected chi connectivity index (χ1v) is 7.84. The number of carbonyl (C=O) groups is 1. The summed E-state index contributed by atoms with van der Waals surface area (Å²) in [6.07, 6.45) is -9.51. The van der Waals surface area contributed by atoms with Crippen LogP contribution in [0.5, 0.6) is 0 Å². The van der Waals surface area contributed by atoms with Crippen LogP contribution in [-0.2, 0) is 11.2 Å². The number of allylic oxidation sites excluding steroid dienone is 1. The van der Waals surface area contributed by atoms with Gasteiger partial charge in [0.1, 0.15) is 0 Å². The van der Waals surface area contributed by atoms with Gasteiger partial charge < -0.3 is 5.11 Å². The van der Waals surface area contributed by atoms with Gasteiger partial charge in [-0.05, 0) is 17.2 Å². The normalized spacial score (nSPS) is 24.6. The molecule has 2 aliphatic rings. The van der Waals surface area contributed by atoms with E-state index in [1.807, 2.05) is 0 Å². The van der Waals surface area contributed by atoms with Crippen LogP contribution in [0.15, 0.2) is 11.6 Å². The second kappa shape index (κ2) is 6.07. The summed E-state index contributed by atoms with van der Waals surface area (Å²) < 4.78 is 191. The van der Waals surface area contributed by atoms with Crippen molar-refractivity contribution in [1.82, 2.24) is 0 Å². The molecule has 0 heterocycles. The van der Waals surface area contributed by atoms with E-state index in [2.05, 4.69) is 0 Å². The number of halogens is 14. The highest BCUT2D eigenvalue weighted by atomic mass is 19.4. The Bertz CT molecular complexity index is 1040. The van der Waals surface area contributed by atoms with Crippen molar-refractivity contribution >= 4 is 11.5 Å². The Morgan fingerprint density at radius 1 is 0.812 bits per heavy atom. The van der Waals surface area contributed by atoms with Crippen LogP contribution >= 0.6 is 0 Å². The lowest BCUT2D eigenvalue weighted by Gasteiger charge is -2.39. The van der Waals surface area contributed by atoms with Crippen molar-refractivity contribution in [2.75, 3.05) is 0 Å². The Labute approximate surface area is 166 Å². The SMILES string of the molecule is O=C(C1=C([O-])c2cc(F)c(F)c(F)c2C1)C1(C(F)(F)F)C(F)(F)C(F)(F)C(F)(F)C1(F)F. The van der Waals surface area contributed by atoms with E-state index in [1.54, 1.807) is 0 Å². The number of hydrogen-bond donors (Lipinski definition) is 0. The van der Waals surface area contributed by atoms with E-state index < -0.39 is 87.4 Å². The maximum Gasteiger partial charge on any atom is 0.414 e.